The van der Waals surface area contributed by atoms with Gasteiger partial charge >= 0.3 is 6.09 Å². The third-order valence-corrected chi connectivity index (χ3v) is 7.83. The van der Waals surface area contributed by atoms with E-state index >= 15 is 0 Å². The van der Waals surface area contributed by atoms with E-state index in [4.69, 9.17) is 32.5 Å². The Hall–Kier alpha value is -3.98. The minimum Gasteiger partial charge on any atom is -0.388 e. The highest BCUT2D eigenvalue weighted by molar-refractivity contribution is 6.30. The number of hydrogen-bond donors (Lipinski definition) is 3. The smallest absolute Gasteiger partial charge is 0.388 e. The lowest BCUT2D eigenvalue weighted by molar-refractivity contribution is 0.207. The Labute approximate surface area is 238 Å². The van der Waals surface area contributed by atoms with Crippen LogP contribution >= 0.6 is 11.6 Å². The SMILES string of the molecule is CC[C@H](Nc1nc2nc(C(=N)OC(N)=O)nc(-c3cccc(Cl)c3)c2n1CC1CCC(C)CC1)c1ccccc1. The molecule has 2 aromatic carbocycles. The number of rotatable bonds is 8. The van der Waals surface area contributed by atoms with Crippen LogP contribution in [0.3, 0.4) is 0 Å². The molecule has 0 aliphatic heterocycles. The normalized spacial score (nSPS) is 17.9. The molecule has 1 atom stereocenters. The molecule has 4 N–H and O–H groups in total. The fraction of sp³-hybridized carbons (Fsp3) is 0.367. The van der Waals surface area contributed by atoms with Crippen LogP contribution in [0.15, 0.2) is 54.6 Å². The molecule has 0 bridgehead atoms. The molecule has 40 heavy (non-hydrogen) atoms. The molecule has 0 saturated heterocycles. The van der Waals surface area contributed by atoms with E-state index in [0.717, 1.165) is 48.4 Å². The van der Waals surface area contributed by atoms with Crippen LogP contribution in [0.1, 0.15) is 63.4 Å². The molecule has 208 valence electrons. The topological polar surface area (TPSA) is 132 Å². The molecular formula is C30H34ClN7O2. The van der Waals surface area contributed by atoms with Crippen molar-refractivity contribution >= 4 is 40.7 Å². The number of fused-ring (bicyclic) bond motifs is 1. The third kappa shape index (κ3) is 6.09. The number of nitrogens with two attached hydrogens (primary N) is 1. The summed E-state index contributed by atoms with van der Waals surface area (Å²) in [6.45, 7) is 5.21. The Bertz CT molecular complexity index is 1510. The van der Waals surface area contributed by atoms with E-state index < -0.39 is 12.0 Å². The van der Waals surface area contributed by atoms with Crippen LogP contribution in [-0.2, 0) is 11.3 Å². The number of hydrogen-bond acceptors (Lipinski definition) is 7. The summed E-state index contributed by atoms with van der Waals surface area (Å²) < 4.78 is 7.01. The van der Waals surface area contributed by atoms with Gasteiger partial charge in [0, 0.05) is 17.1 Å². The zero-order valence-corrected chi connectivity index (χ0v) is 23.5. The summed E-state index contributed by atoms with van der Waals surface area (Å²) in [4.78, 5) is 25.6. The maximum atomic E-state index is 11.4. The molecular weight excluding hydrogens is 526 g/mol. The predicted molar refractivity (Wildman–Crippen MR) is 157 cm³/mol. The van der Waals surface area contributed by atoms with Gasteiger partial charge in [0.1, 0.15) is 11.2 Å². The second-order valence-corrected chi connectivity index (χ2v) is 11.0. The van der Waals surface area contributed by atoms with Gasteiger partial charge in [0.25, 0.3) is 5.90 Å². The van der Waals surface area contributed by atoms with Crippen molar-refractivity contribution in [3.8, 4) is 11.3 Å². The number of aromatic nitrogens is 4. The third-order valence-electron chi connectivity index (χ3n) is 7.60. The van der Waals surface area contributed by atoms with Crippen LogP contribution < -0.4 is 11.1 Å². The lowest BCUT2D eigenvalue weighted by atomic mass is 9.83. The van der Waals surface area contributed by atoms with E-state index in [1.54, 1.807) is 6.07 Å². The summed E-state index contributed by atoms with van der Waals surface area (Å²) in [5.74, 6) is 1.27. The van der Waals surface area contributed by atoms with Gasteiger partial charge in [0.15, 0.2) is 5.65 Å². The zero-order valence-electron chi connectivity index (χ0n) is 22.7. The first kappa shape index (κ1) is 27.6. The lowest BCUT2D eigenvalue weighted by Gasteiger charge is -2.28. The van der Waals surface area contributed by atoms with Gasteiger partial charge in [-0.1, -0.05) is 80.8 Å². The highest BCUT2D eigenvalue weighted by Gasteiger charge is 2.26. The summed E-state index contributed by atoms with van der Waals surface area (Å²) in [6.07, 6.45) is 4.42. The number of amides is 1. The molecule has 10 heteroatoms. The first-order valence-electron chi connectivity index (χ1n) is 13.7. The van der Waals surface area contributed by atoms with Gasteiger partial charge in [-0.05, 0) is 48.8 Å². The number of anilines is 1. The number of carbonyl (C=O) groups excluding carboxylic acids is 1. The summed E-state index contributed by atoms with van der Waals surface area (Å²) in [6, 6.07) is 17.7. The molecule has 1 saturated carbocycles. The van der Waals surface area contributed by atoms with Gasteiger partial charge in [-0.25, -0.2) is 14.8 Å². The second-order valence-electron chi connectivity index (χ2n) is 10.5. The summed E-state index contributed by atoms with van der Waals surface area (Å²) in [7, 11) is 0. The number of halogens is 1. The zero-order chi connectivity index (χ0) is 28.2. The van der Waals surface area contributed by atoms with Crippen LogP contribution in [-0.4, -0.2) is 31.5 Å². The quantitative estimate of drug-likeness (QED) is 0.158. The Balaban J connectivity index is 1.69. The van der Waals surface area contributed by atoms with Gasteiger partial charge in [-0.15, -0.1) is 0 Å². The Morgan fingerprint density at radius 1 is 1.12 bits per heavy atom. The van der Waals surface area contributed by atoms with E-state index in [-0.39, 0.29) is 11.9 Å². The molecule has 0 spiro atoms. The van der Waals surface area contributed by atoms with E-state index in [0.29, 0.717) is 28.2 Å². The second kappa shape index (κ2) is 12.0. The minimum atomic E-state index is -1.11. The number of nitrogens with one attached hydrogen (secondary N) is 2. The highest BCUT2D eigenvalue weighted by atomic mass is 35.5. The van der Waals surface area contributed by atoms with Crippen molar-refractivity contribution < 1.29 is 9.53 Å². The number of benzene rings is 2. The molecule has 2 heterocycles. The monoisotopic (exact) mass is 559 g/mol. The molecule has 0 unspecified atom stereocenters. The van der Waals surface area contributed by atoms with E-state index in [2.05, 4.69) is 45.8 Å². The van der Waals surface area contributed by atoms with Crippen LogP contribution in [0.2, 0.25) is 5.02 Å². The highest BCUT2D eigenvalue weighted by Crippen LogP contribution is 2.36. The van der Waals surface area contributed by atoms with Gasteiger partial charge in [-0.3, -0.25) is 5.41 Å². The fourth-order valence-electron chi connectivity index (χ4n) is 5.44. The fourth-order valence-corrected chi connectivity index (χ4v) is 5.63. The van der Waals surface area contributed by atoms with E-state index in [9.17, 15) is 4.79 Å². The van der Waals surface area contributed by atoms with E-state index in [1.807, 2.05) is 36.4 Å². The maximum Gasteiger partial charge on any atom is 0.411 e. The van der Waals surface area contributed by atoms with Crippen LogP contribution in [0.4, 0.5) is 10.7 Å². The first-order chi connectivity index (χ1) is 19.3. The number of primary amides is 1. The summed E-state index contributed by atoms with van der Waals surface area (Å²) in [5.41, 5.74) is 8.77. The number of ether oxygens (including phenoxy) is 1. The largest absolute Gasteiger partial charge is 0.411 e. The number of nitrogens with zero attached hydrogens (tertiary/aromatic N) is 4. The van der Waals surface area contributed by atoms with Crippen molar-refractivity contribution in [3.05, 3.63) is 71.0 Å². The summed E-state index contributed by atoms with van der Waals surface area (Å²) >= 11 is 6.38. The van der Waals surface area contributed by atoms with Crippen molar-refractivity contribution in [1.29, 1.82) is 5.41 Å². The van der Waals surface area contributed by atoms with Crippen molar-refractivity contribution in [2.75, 3.05) is 5.32 Å². The Morgan fingerprint density at radius 3 is 2.55 bits per heavy atom. The molecule has 1 aliphatic rings. The first-order valence-corrected chi connectivity index (χ1v) is 14.1. The van der Waals surface area contributed by atoms with Crippen LogP contribution in [0.25, 0.3) is 22.4 Å². The average Bonchev–Trinajstić information content (AvgIpc) is 3.29. The standard InChI is InChI=1S/C30H34ClN7O2/c1-3-23(20-8-5-4-6-9-20)34-30-37-27-25(38(30)17-19-14-12-18(2)13-15-19)24(21-10-7-11-22(31)16-21)35-28(36-27)26(32)40-29(33)39/h4-11,16,18-19,23,32H,3,12-15,17H2,1-2H3,(H2,33,39)(H,34,35,36,37)/t18?,19?,23-/m0/s1. The molecule has 5 rings (SSSR count). The van der Waals surface area contributed by atoms with Crippen molar-refractivity contribution in [3.63, 3.8) is 0 Å². The van der Waals surface area contributed by atoms with Crippen molar-refractivity contribution in [2.45, 2.75) is 58.5 Å². The number of imidazole rings is 1. The Morgan fingerprint density at radius 2 is 1.88 bits per heavy atom. The molecule has 1 aliphatic carbocycles. The molecule has 2 aromatic heterocycles. The van der Waals surface area contributed by atoms with Crippen molar-refractivity contribution in [1.82, 2.24) is 19.5 Å². The van der Waals surface area contributed by atoms with Gasteiger partial charge in [-0.2, -0.15) is 4.98 Å². The van der Waals surface area contributed by atoms with E-state index in [1.165, 1.54) is 12.8 Å². The molecule has 1 fully saturated rings. The Kier molecular flexibility index (Phi) is 8.30. The lowest BCUT2D eigenvalue weighted by Crippen LogP contribution is -2.21. The average molecular weight is 560 g/mol. The van der Waals surface area contributed by atoms with Crippen molar-refractivity contribution in [2.24, 2.45) is 17.6 Å². The van der Waals surface area contributed by atoms with Gasteiger partial charge in [0.2, 0.25) is 11.8 Å². The molecule has 4 aromatic rings. The van der Waals surface area contributed by atoms with Gasteiger partial charge in [0.05, 0.1) is 6.04 Å². The van der Waals surface area contributed by atoms with Gasteiger partial charge < -0.3 is 20.4 Å². The van der Waals surface area contributed by atoms with Crippen LogP contribution in [0, 0.1) is 17.2 Å². The maximum absolute atomic E-state index is 11.4. The molecule has 9 nitrogen and oxygen atoms in total. The minimum absolute atomic E-state index is 0.0293. The molecule has 0 radical (unpaired) electrons. The molecule has 1 amide bonds. The number of carbonyl (C=O) groups is 1. The van der Waals surface area contributed by atoms with Crippen LogP contribution in [0.5, 0.6) is 0 Å². The predicted octanol–water partition coefficient (Wildman–Crippen LogP) is 6.96. The summed E-state index contributed by atoms with van der Waals surface area (Å²) in [5, 5.41) is 12.5.